The highest BCUT2D eigenvalue weighted by molar-refractivity contribution is 7.13. The van der Waals surface area contributed by atoms with E-state index in [0.29, 0.717) is 5.01 Å². The van der Waals surface area contributed by atoms with Crippen LogP contribution in [0.25, 0.3) is 10.6 Å². The first-order chi connectivity index (χ1) is 7.47. The molecule has 0 N–H and O–H groups in total. The molecule has 84 valence electrons. The van der Waals surface area contributed by atoms with Crippen LogP contribution in [0.5, 0.6) is 0 Å². The van der Waals surface area contributed by atoms with E-state index < -0.39 is 11.9 Å². The molecule has 0 aliphatic rings. The Morgan fingerprint density at radius 1 is 1.25 bits per heavy atom. The van der Waals surface area contributed by atoms with E-state index in [4.69, 9.17) is 0 Å². The van der Waals surface area contributed by atoms with Crippen molar-refractivity contribution in [2.75, 3.05) is 0 Å². The Hall–Kier alpha value is -1.36. The molecule has 1 aromatic carbocycles. The van der Waals surface area contributed by atoms with Crippen molar-refractivity contribution in [1.29, 1.82) is 0 Å². The summed E-state index contributed by atoms with van der Waals surface area (Å²) in [5.41, 5.74) is 0.899. The fourth-order valence-electron chi connectivity index (χ4n) is 1.31. The summed E-state index contributed by atoms with van der Waals surface area (Å²) in [6.07, 6.45) is -4.36. The number of hydrogen-bond donors (Lipinski definition) is 0. The van der Waals surface area contributed by atoms with E-state index in [2.05, 4.69) is 4.98 Å². The molecule has 0 atom stereocenters. The minimum atomic E-state index is -4.36. The molecule has 0 aliphatic carbocycles. The SMILES string of the molecule is Cc1cccc(-c2nc(C(F)(F)F)cs2)c1. The van der Waals surface area contributed by atoms with Crippen molar-refractivity contribution < 1.29 is 13.2 Å². The van der Waals surface area contributed by atoms with Crippen molar-refractivity contribution in [3.63, 3.8) is 0 Å². The molecular weight excluding hydrogens is 235 g/mol. The van der Waals surface area contributed by atoms with Gasteiger partial charge >= 0.3 is 6.18 Å². The van der Waals surface area contributed by atoms with Crippen LogP contribution in [0.15, 0.2) is 29.6 Å². The summed E-state index contributed by atoms with van der Waals surface area (Å²) >= 11 is 1.01. The van der Waals surface area contributed by atoms with Gasteiger partial charge in [-0.25, -0.2) is 4.98 Å². The van der Waals surface area contributed by atoms with Crippen molar-refractivity contribution in [2.45, 2.75) is 13.1 Å². The number of halogens is 3. The highest BCUT2D eigenvalue weighted by atomic mass is 32.1. The maximum Gasteiger partial charge on any atom is 0.434 e. The molecule has 0 saturated carbocycles. The molecule has 0 aliphatic heterocycles. The standard InChI is InChI=1S/C11H8F3NS/c1-7-3-2-4-8(5-7)10-15-9(6-16-10)11(12,13)14/h2-6H,1H3. The third-order valence-corrected chi connectivity index (χ3v) is 2.95. The summed E-state index contributed by atoms with van der Waals surface area (Å²) in [5, 5.41) is 1.44. The third kappa shape index (κ3) is 2.24. The molecule has 0 radical (unpaired) electrons. The predicted molar refractivity (Wildman–Crippen MR) is 57.3 cm³/mol. The lowest BCUT2D eigenvalue weighted by Crippen LogP contribution is -2.04. The van der Waals surface area contributed by atoms with Gasteiger partial charge < -0.3 is 0 Å². The summed E-state index contributed by atoms with van der Waals surface area (Å²) in [6, 6.07) is 7.27. The van der Waals surface area contributed by atoms with Crippen LogP contribution < -0.4 is 0 Å². The smallest absolute Gasteiger partial charge is 0.232 e. The van der Waals surface area contributed by atoms with Gasteiger partial charge in [0.2, 0.25) is 0 Å². The first kappa shape index (κ1) is 11.1. The fourth-order valence-corrected chi connectivity index (χ4v) is 2.14. The molecule has 0 bridgehead atoms. The summed E-state index contributed by atoms with van der Waals surface area (Å²) < 4.78 is 37.0. The van der Waals surface area contributed by atoms with Crippen molar-refractivity contribution >= 4 is 11.3 Å². The molecule has 0 unspecified atom stereocenters. The van der Waals surface area contributed by atoms with Gasteiger partial charge in [0.15, 0.2) is 5.69 Å². The van der Waals surface area contributed by atoms with Gasteiger partial charge in [0, 0.05) is 10.9 Å². The van der Waals surface area contributed by atoms with Gasteiger partial charge in [-0.15, -0.1) is 11.3 Å². The summed E-state index contributed by atoms with van der Waals surface area (Å²) in [5.74, 6) is 0. The Morgan fingerprint density at radius 2 is 2.00 bits per heavy atom. The first-order valence-corrected chi connectivity index (χ1v) is 5.44. The molecule has 1 aromatic heterocycles. The average Bonchev–Trinajstić information content (AvgIpc) is 2.65. The van der Waals surface area contributed by atoms with Crippen molar-refractivity contribution in [3.8, 4) is 10.6 Å². The number of hydrogen-bond acceptors (Lipinski definition) is 2. The van der Waals surface area contributed by atoms with Crippen LogP contribution in [-0.4, -0.2) is 4.98 Å². The summed E-state index contributed by atoms with van der Waals surface area (Å²) in [7, 11) is 0. The zero-order valence-corrected chi connectivity index (χ0v) is 9.19. The van der Waals surface area contributed by atoms with Gasteiger partial charge in [-0.3, -0.25) is 0 Å². The minimum absolute atomic E-state index is 0.399. The van der Waals surface area contributed by atoms with E-state index in [-0.39, 0.29) is 0 Å². The molecule has 5 heteroatoms. The van der Waals surface area contributed by atoms with Gasteiger partial charge in [0.05, 0.1) is 0 Å². The van der Waals surface area contributed by atoms with Crippen LogP contribution in [0.3, 0.4) is 0 Å². The molecule has 0 fully saturated rings. The number of aryl methyl sites for hydroxylation is 1. The number of aromatic nitrogens is 1. The van der Waals surface area contributed by atoms with Crippen LogP contribution in [0.1, 0.15) is 11.3 Å². The van der Waals surface area contributed by atoms with Crippen molar-refractivity contribution in [2.24, 2.45) is 0 Å². The second-order valence-electron chi connectivity index (χ2n) is 3.41. The van der Waals surface area contributed by atoms with E-state index >= 15 is 0 Å². The van der Waals surface area contributed by atoms with E-state index in [1.54, 1.807) is 12.1 Å². The van der Waals surface area contributed by atoms with Gasteiger partial charge in [0.25, 0.3) is 0 Å². The molecule has 2 rings (SSSR count). The second-order valence-corrected chi connectivity index (χ2v) is 4.26. The quantitative estimate of drug-likeness (QED) is 0.733. The minimum Gasteiger partial charge on any atom is -0.232 e. The summed E-state index contributed by atoms with van der Waals surface area (Å²) in [4.78, 5) is 3.59. The van der Waals surface area contributed by atoms with E-state index in [9.17, 15) is 13.2 Å². The highest BCUT2D eigenvalue weighted by Gasteiger charge is 2.33. The maximum atomic E-state index is 12.3. The van der Waals surface area contributed by atoms with Crippen LogP contribution in [0.4, 0.5) is 13.2 Å². The van der Waals surface area contributed by atoms with Gasteiger partial charge in [-0.2, -0.15) is 13.2 Å². The Labute approximate surface area is 94.6 Å². The largest absolute Gasteiger partial charge is 0.434 e. The normalized spacial score (nSPS) is 11.8. The van der Waals surface area contributed by atoms with Gasteiger partial charge in [0.1, 0.15) is 5.01 Å². The van der Waals surface area contributed by atoms with Gasteiger partial charge in [-0.05, 0) is 13.0 Å². The highest BCUT2D eigenvalue weighted by Crippen LogP contribution is 2.33. The number of nitrogens with zero attached hydrogens (tertiary/aromatic N) is 1. The first-order valence-electron chi connectivity index (χ1n) is 4.56. The Balaban J connectivity index is 2.39. The van der Waals surface area contributed by atoms with E-state index in [1.807, 2.05) is 19.1 Å². The van der Waals surface area contributed by atoms with Crippen molar-refractivity contribution in [1.82, 2.24) is 4.98 Å². The topological polar surface area (TPSA) is 12.9 Å². The third-order valence-electron chi connectivity index (χ3n) is 2.06. The molecule has 2 aromatic rings. The average molecular weight is 243 g/mol. The monoisotopic (exact) mass is 243 g/mol. The molecule has 0 amide bonds. The molecule has 0 spiro atoms. The number of rotatable bonds is 1. The van der Waals surface area contributed by atoms with Crippen molar-refractivity contribution in [3.05, 3.63) is 40.9 Å². The second kappa shape index (κ2) is 3.90. The zero-order valence-electron chi connectivity index (χ0n) is 8.38. The molecule has 1 heterocycles. The molecule has 1 nitrogen and oxygen atoms in total. The fraction of sp³-hybridized carbons (Fsp3) is 0.182. The Bertz CT molecular complexity index is 502. The van der Waals surface area contributed by atoms with Crippen LogP contribution >= 0.6 is 11.3 Å². The Morgan fingerprint density at radius 3 is 2.56 bits per heavy atom. The lowest BCUT2D eigenvalue weighted by atomic mass is 10.1. The van der Waals surface area contributed by atoms with Crippen LogP contribution in [0.2, 0.25) is 0 Å². The van der Waals surface area contributed by atoms with Crippen LogP contribution in [0, 0.1) is 6.92 Å². The molecular formula is C11H8F3NS. The molecule has 0 saturated heterocycles. The number of benzene rings is 1. The Kier molecular flexibility index (Phi) is 2.71. The molecule has 16 heavy (non-hydrogen) atoms. The predicted octanol–water partition coefficient (Wildman–Crippen LogP) is 4.14. The number of thiazole rings is 1. The zero-order chi connectivity index (χ0) is 11.8. The number of alkyl halides is 3. The lowest BCUT2D eigenvalue weighted by molar-refractivity contribution is -0.140. The van der Waals surface area contributed by atoms with Gasteiger partial charge in [-0.1, -0.05) is 23.8 Å². The maximum absolute atomic E-state index is 12.3. The lowest BCUT2D eigenvalue weighted by Gasteiger charge is -2.00. The van der Waals surface area contributed by atoms with E-state index in [0.717, 1.165) is 27.8 Å². The van der Waals surface area contributed by atoms with E-state index in [1.165, 1.54) is 0 Å². The van der Waals surface area contributed by atoms with Crippen LogP contribution in [-0.2, 0) is 6.18 Å². The summed E-state index contributed by atoms with van der Waals surface area (Å²) in [6.45, 7) is 1.89.